The number of nitrogens with one attached hydrogen (secondary N) is 1. The number of carbonyl (C=O) groups excluding carboxylic acids is 1. The summed E-state index contributed by atoms with van der Waals surface area (Å²) in [5, 5.41) is 19.2. The highest BCUT2D eigenvalue weighted by atomic mass is 19.3. The highest BCUT2D eigenvalue weighted by Crippen LogP contribution is 2.37. The second kappa shape index (κ2) is 12.3. The molecule has 0 saturated heterocycles. The number of nitrogens with two attached hydrogens (primary N) is 1. The standard InChI is InChI=1S/C30H31F2N5O4/c1-19(33)29(38)34-24-4-2-3-22(16-24)25-11-14-37(35-25)26(15-20-9-12-36(39)13-10-20)23-7-8-27(41-30(31)32)28(17-23)40-18-21-5-6-21/h2-4,7-14,16-17,19,21,26,30H,5-6,15,18,33H2,1H3,(H,34,38)/t19-,26?/m0/s1. The highest BCUT2D eigenvalue weighted by molar-refractivity contribution is 5.94. The molecule has 2 atom stereocenters. The average molecular weight is 564 g/mol. The zero-order valence-electron chi connectivity index (χ0n) is 22.5. The summed E-state index contributed by atoms with van der Waals surface area (Å²) in [6.45, 7) is -0.943. The molecule has 1 unspecified atom stereocenters. The van der Waals surface area contributed by atoms with Gasteiger partial charge in [-0.2, -0.15) is 18.6 Å². The van der Waals surface area contributed by atoms with Crippen LogP contribution < -0.4 is 25.3 Å². The Morgan fingerprint density at radius 1 is 1.15 bits per heavy atom. The molecular formula is C30H31F2N5O4. The number of nitrogens with zero attached hydrogens (tertiary/aromatic N) is 3. The minimum Gasteiger partial charge on any atom is -0.619 e. The summed E-state index contributed by atoms with van der Waals surface area (Å²) >= 11 is 0. The van der Waals surface area contributed by atoms with Gasteiger partial charge in [-0.1, -0.05) is 18.2 Å². The Balaban J connectivity index is 1.48. The first-order chi connectivity index (χ1) is 19.7. The highest BCUT2D eigenvalue weighted by Gasteiger charge is 2.25. The Kier molecular flexibility index (Phi) is 8.44. The number of hydrogen-bond acceptors (Lipinski definition) is 6. The largest absolute Gasteiger partial charge is 0.619 e. The molecule has 0 aliphatic heterocycles. The van der Waals surface area contributed by atoms with Gasteiger partial charge in [-0.3, -0.25) is 9.48 Å². The fraction of sp³-hybridized carbons (Fsp3) is 0.300. The van der Waals surface area contributed by atoms with Crippen molar-refractivity contribution in [3.05, 3.63) is 95.6 Å². The van der Waals surface area contributed by atoms with E-state index in [1.807, 2.05) is 30.5 Å². The van der Waals surface area contributed by atoms with E-state index in [1.165, 1.54) is 18.5 Å². The van der Waals surface area contributed by atoms with E-state index in [0.717, 1.165) is 29.5 Å². The van der Waals surface area contributed by atoms with Crippen molar-refractivity contribution in [3.8, 4) is 22.8 Å². The van der Waals surface area contributed by atoms with E-state index in [-0.39, 0.29) is 23.4 Å². The smallest absolute Gasteiger partial charge is 0.387 e. The average Bonchev–Trinajstić information content (AvgIpc) is 3.65. The van der Waals surface area contributed by atoms with E-state index in [2.05, 4.69) is 5.32 Å². The van der Waals surface area contributed by atoms with Crippen molar-refractivity contribution in [2.24, 2.45) is 11.7 Å². The Morgan fingerprint density at radius 3 is 2.63 bits per heavy atom. The van der Waals surface area contributed by atoms with E-state index in [4.69, 9.17) is 20.3 Å². The van der Waals surface area contributed by atoms with Crippen molar-refractivity contribution in [1.29, 1.82) is 0 Å². The molecule has 9 nitrogen and oxygen atoms in total. The molecule has 214 valence electrons. The number of pyridine rings is 1. The summed E-state index contributed by atoms with van der Waals surface area (Å²) in [4.78, 5) is 12.1. The summed E-state index contributed by atoms with van der Waals surface area (Å²) in [7, 11) is 0. The van der Waals surface area contributed by atoms with Gasteiger partial charge in [0, 0.05) is 29.6 Å². The van der Waals surface area contributed by atoms with Crippen LogP contribution in [0.2, 0.25) is 0 Å². The molecule has 1 saturated carbocycles. The van der Waals surface area contributed by atoms with Crippen LogP contribution in [0.3, 0.4) is 0 Å². The molecule has 2 aromatic heterocycles. The van der Waals surface area contributed by atoms with Crippen molar-refractivity contribution in [2.75, 3.05) is 11.9 Å². The van der Waals surface area contributed by atoms with Gasteiger partial charge in [0.2, 0.25) is 5.91 Å². The number of benzene rings is 2. The van der Waals surface area contributed by atoms with Gasteiger partial charge in [0.15, 0.2) is 23.9 Å². The molecule has 0 spiro atoms. The number of anilines is 1. The molecule has 5 rings (SSSR count). The first-order valence-corrected chi connectivity index (χ1v) is 13.4. The van der Waals surface area contributed by atoms with Gasteiger partial charge in [-0.15, -0.1) is 0 Å². The third-order valence-electron chi connectivity index (χ3n) is 6.81. The monoisotopic (exact) mass is 563 g/mol. The van der Waals surface area contributed by atoms with Crippen LogP contribution in [-0.4, -0.2) is 34.9 Å². The van der Waals surface area contributed by atoms with E-state index in [9.17, 15) is 18.8 Å². The van der Waals surface area contributed by atoms with Crippen LogP contribution in [0.4, 0.5) is 14.5 Å². The lowest BCUT2D eigenvalue weighted by molar-refractivity contribution is -0.605. The van der Waals surface area contributed by atoms with Gasteiger partial charge < -0.3 is 25.7 Å². The van der Waals surface area contributed by atoms with Crippen molar-refractivity contribution in [3.63, 3.8) is 0 Å². The Labute approximate surface area is 236 Å². The second-order valence-corrected chi connectivity index (χ2v) is 10.2. The topological polar surface area (TPSA) is 118 Å². The van der Waals surface area contributed by atoms with Gasteiger partial charge in [0.1, 0.15) is 0 Å². The van der Waals surface area contributed by atoms with Crippen LogP contribution in [0.25, 0.3) is 11.3 Å². The minimum absolute atomic E-state index is 0.0259. The summed E-state index contributed by atoms with van der Waals surface area (Å²) in [6, 6.07) is 16.5. The van der Waals surface area contributed by atoms with Crippen LogP contribution in [0.5, 0.6) is 11.5 Å². The van der Waals surface area contributed by atoms with Crippen LogP contribution in [0, 0.1) is 11.1 Å². The number of alkyl halides is 2. The van der Waals surface area contributed by atoms with Gasteiger partial charge >= 0.3 is 6.61 Å². The van der Waals surface area contributed by atoms with Crippen LogP contribution in [0.15, 0.2) is 79.3 Å². The summed E-state index contributed by atoms with van der Waals surface area (Å²) < 4.78 is 39.4. The number of aromatic nitrogens is 3. The van der Waals surface area contributed by atoms with E-state index < -0.39 is 12.7 Å². The quantitative estimate of drug-likeness (QED) is 0.191. The summed E-state index contributed by atoms with van der Waals surface area (Å²) in [5.74, 6) is 0.338. The van der Waals surface area contributed by atoms with Gasteiger partial charge in [-0.05, 0) is 73.6 Å². The molecule has 0 radical (unpaired) electrons. The fourth-order valence-corrected chi connectivity index (χ4v) is 4.38. The predicted molar refractivity (Wildman–Crippen MR) is 148 cm³/mol. The van der Waals surface area contributed by atoms with Crippen molar-refractivity contribution in [2.45, 2.75) is 44.9 Å². The molecule has 1 fully saturated rings. The summed E-state index contributed by atoms with van der Waals surface area (Å²) in [6.07, 6.45) is 7.24. The molecule has 0 bridgehead atoms. The number of carbonyl (C=O) groups is 1. The zero-order chi connectivity index (χ0) is 28.9. The predicted octanol–water partition coefficient (Wildman–Crippen LogP) is 4.69. The van der Waals surface area contributed by atoms with Crippen molar-refractivity contribution >= 4 is 11.6 Å². The van der Waals surface area contributed by atoms with Crippen LogP contribution >= 0.6 is 0 Å². The molecule has 41 heavy (non-hydrogen) atoms. The molecular weight excluding hydrogens is 532 g/mol. The van der Waals surface area contributed by atoms with Crippen LogP contribution in [-0.2, 0) is 11.2 Å². The lowest BCUT2D eigenvalue weighted by atomic mass is 9.99. The number of hydrogen-bond donors (Lipinski definition) is 2. The molecule has 1 aliphatic carbocycles. The van der Waals surface area contributed by atoms with Crippen molar-refractivity contribution in [1.82, 2.24) is 9.78 Å². The number of rotatable bonds is 12. The molecule has 2 aromatic carbocycles. The molecule has 2 heterocycles. The Morgan fingerprint density at radius 2 is 1.93 bits per heavy atom. The molecule has 11 heteroatoms. The van der Waals surface area contributed by atoms with Gasteiger partial charge in [0.05, 0.1) is 24.4 Å². The lowest BCUT2D eigenvalue weighted by Gasteiger charge is -2.21. The van der Waals surface area contributed by atoms with Gasteiger partial charge in [0.25, 0.3) is 0 Å². The van der Waals surface area contributed by atoms with Crippen LogP contribution in [0.1, 0.15) is 36.9 Å². The molecule has 1 amide bonds. The Hall–Kier alpha value is -4.51. The van der Waals surface area contributed by atoms with E-state index in [0.29, 0.717) is 35.1 Å². The van der Waals surface area contributed by atoms with Gasteiger partial charge in [-0.25, -0.2) is 0 Å². The third kappa shape index (κ3) is 7.37. The first kappa shape index (κ1) is 28.0. The third-order valence-corrected chi connectivity index (χ3v) is 6.81. The summed E-state index contributed by atoms with van der Waals surface area (Å²) in [5.41, 5.74) is 9.37. The maximum atomic E-state index is 13.1. The normalized spacial score (nSPS) is 14.5. The van der Waals surface area contributed by atoms with Crippen molar-refractivity contribution < 1.29 is 27.8 Å². The second-order valence-electron chi connectivity index (χ2n) is 10.2. The lowest BCUT2D eigenvalue weighted by Crippen LogP contribution is -2.32. The fourth-order valence-electron chi connectivity index (χ4n) is 4.38. The van der Waals surface area contributed by atoms with E-state index in [1.54, 1.807) is 41.9 Å². The zero-order valence-corrected chi connectivity index (χ0v) is 22.5. The number of halogens is 2. The number of ether oxygens (including phenoxy) is 2. The molecule has 4 aromatic rings. The molecule has 3 N–H and O–H groups in total. The maximum Gasteiger partial charge on any atom is 0.387 e. The first-order valence-electron chi connectivity index (χ1n) is 13.4. The Bertz CT molecular complexity index is 1490. The number of amides is 1. The maximum absolute atomic E-state index is 13.1. The van der Waals surface area contributed by atoms with E-state index >= 15 is 0 Å². The SMILES string of the molecule is C[C@H](N)C(=O)Nc1cccc(-c2ccn(C(Cc3cc[n+]([O-])cc3)c3ccc(OC(F)F)c(OCC4CC4)c3)n2)c1. The molecule has 1 aliphatic rings. The minimum atomic E-state index is -2.98.